The molecule has 1 aliphatic rings. The van der Waals surface area contributed by atoms with Gasteiger partial charge in [-0.2, -0.15) is 0 Å². The zero-order valence-corrected chi connectivity index (χ0v) is 10.1. The Kier molecular flexibility index (Phi) is 5.54. The fourth-order valence-corrected chi connectivity index (χ4v) is 2.61. The summed E-state index contributed by atoms with van der Waals surface area (Å²) in [5.74, 6) is 0. The summed E-state index contributed by atoms with van der Waals surface area (Å²) in [5, 5.41) is 3.80. The Morgan fingerprint density at radius 1 is 1.00 bits per heavy atom. The van der Waals surface area contributed by atoms with Crippen LogP contribution in [-0.2, 0) is 0 Å². The molecule has 0 unspecified atom stereocenters. The third-order valence-corrected chi connectivity index (χ3v) is 3.60. The van der Waals surface area contributed by atoms with E-state index < -0.39 is 0 Å². The summed E-state index contributed by atoms with van der Waals surface area (Å²) in [6.45, 7) is 5.86. The van der Waals surface area contributed by atoms with Crippen LogP contribution in [0.25, 0.3) is 0 Å². The Labute approximate surface area is 89.7 Å². The van der Waals surface area contributed by atoms with Gasteiger partial charge in [0.2, 0.25) is 0 Å². The lowest BCUT2D eigenvalue weighted by Crippen LogP contribution is -2.48. The monoisotopic (exact) mass is 197 g/mol. The van der Waals surface area contributed by atoms with Gasteiger partial charge in [0.05, 0.1) is 0 Å². The van der Waals surface area contributed by atoms with E-state index >= 15 is 0 Å². The van der Waals surface area contributed by atoms with Crippen molar-refractivity contribution in [3.63, 3.8) is 0 Å². The van der Waals surface area contributed by atoms with Crippen LogP contribution < -0.4 is 5.32 Å². The Morgan fingerprint density at radius 2 is 1.64 bits per heavy atom. The first-order chi connectivity index (χ1) is 6.83. The standard InChI is InChI=1S/C13H27N/c1-3-5-9-13(10-6-4-2)11-7-8-12-14-13/h14H,3-12H2,1-2H3. The van der Waals surface area contributed by atoms with Crippen LogP contribution in [0.2, 0.25) is 0 Å². The molecule has 0 aromatic heterocycles. The highest BCUT2D eigenvalue weighted by atomic mass is 15.0. The molecule has 1 aliphatic heterocycles. The minimum Gasteiger partial charge on any atom is -0.311 e. The molecule has 0 saturated carbocycles. The molecule has 1 rings (SSSR count). The van der Waals surface area contributed by atoms with Crippen LogP contribution in [0.1, 0.15) is 71.6 Å². The molecule has 0 aromatic rings. The van der Waals surface area contributed by atoms with Gasteiger partial charge in [-0.1, -0.05) is 46.0 Å². The van der Waals surface area contributed by atoms with Gasteiger partial charge >= 0.3 is 0 Å². The van der Waals surface area contributed by atoms with Crippen molar-refractivity contribution in [3.8, 4) is 0 Å². The van der Waals surface area contributed by atoms with Gasteiger partial charge in [-0.3, -0.25) is 0 Å². The van der Waals surface area contributed by atoms with Crippen LogP contribution in [0.4, 0.5) is 0 Å². The van der Waals surface area contributed by atoms with E-state index in [9.17, 15) is 0 Å². The molecular weight excluding hydrogens is 170 g/mol. The predicted molar refractivity (Wildman–Crippen MR) is 63.6 cm³/mol. The van der Waals surface area contributed by atoms with Crippen LogP contribution in [0.3, 0.4) is 0 Å². The maximum atomic E-state index is 3.80. The Balaban J connectivity index is 2.39. The number of hydrogen-bond acceptors (Lipinski definition) is 1. The number of unbranched alkanes of at least 4 members (excludes halogenated alkanes) is 2. The lowest BCUT2D eigenvalue weighted by molar-refractivity contribution is 0.211. The molecule has 0 aromatic carbocycles. The van der Waals surface area contributed by atoms with Crippen LogP contribution in [0.15, 0.2) is 0 Å². The first-order valence-electron chi connectivity index (χ1n) is 6.58. The van der Waals surface area contributed by atoms with Gasteiger partial charge in [0.25, 0.3) is 0 Å². The second-order valence-electron chi connectivity index (χ2n) is 4.87. The van der Waals surface area contributed by atoms with Crippen molar-refractivity contribution in [2.24, 2.45) is 0 Å². The van der Waals surface area contributed by atoms with E-state index in [0.29, 0.717) is 5.54 Å². The second-order valence-corrected chi connectivity index (χ2v) is 4.87. The van der Waals surface area contributed by atoms with Gasteiger partial charge in [0, 0.05) is 5.54 Å². The fraction of sp³-hybridized carbons (Fsp3) is 1.00. The van der Waals surface area contributed by atoms with Crippen molar-refractivity contribution in [1.82, 2.24) is 5.32 Å². The number of hydrogen-bond donors (Lipinski definition) is 1. The zero-order chi connectivity index (χ0) is 10.3. The van der Waals surface area contributed by atoms with Crippen molar-refractivity contribution in [2.45, 2.75) is 77.2 Å². The summed E-state index contributed by atoms with van der Waals surface area (Å²) in [5.41, 5.74) is 0.532. The maximum absolute atomic E-state index is 3.80. The molecule has 1 N–H and O–H groups in total. The van der Waals surface area contributed by atoms with Crippen molar-refractivity contribution in [3.05, 3.63) is 0 Å². The maximum Gasteiger partial charge on any atom is 0.0181 e. The summed E-state index contributed by atoms with van der Waals surface area (Å²) >= 11 is 0. The average molecular weight is 197 g/mol. The summed E-state index contributed by atoms with van der Waals surface area (Å²) in [6, 6.07) is 0. The molecule has 0 bridgehead atoms. The van der Waals surface area contributed by atoms with Crippen molar-refractivity contribution in [2.75, 3.05) is 6.54 Å². The summed E-state index contributed by atoms with van der Waals surface area (Å²) in [7, 11) is 0. The third-order valence-electron chi connectivity index (χ3n) is 3.60. The minimum atomic E-state index is 0.532. The van der Waals surface area contributed by atoms with Gasteiger partial charge < -0.3 is 5.32 Å². The molecule has 0 spiro atoms. The predicted octanol–water partition coefficient (Wildman–Crippen LogP) is 3.88. The van der Waals surface area contributed by atoms with E-state index in [1.165, 1.54) is 64.3 Å². The lowest BCUT2D eigenvalue weighted by Gasteiger charge is -2.39. The van der Waals surface area contributed by atoms with Gasteiger partial charge in [-0.25, -0.2) is 0 Å². The highest BCUT2D eigenvalue weighted by Crippen LogP contribution is 2.29. The largest absolute Gasteiger partial charge is 0.311 e. The topological polar surface area (TPSA) is 12.0 Å². The molecule has 1 saturated heterocycles. The molecule has 0 atom stereocenters. The van der Waals surface area contributed by atoms with E-state index in [1.54, 1.807) is 0 Å². The fourth-order valence-electron chi connectivity index (χ4n) is 2.61. The summed E-state index contributed by atoms with van der Waals surface area (Å²) in [4.78, 5) is 0. The molecule has 0 amide bonds. The molecule has 1 heteroatoms. The second kappa shape index (κ2) is 6.44. The van der Waals surface area contributed by atoms with E-state index in [4.69, 9.17) is 0 Å². The third kappa shape index (κ3) is 3.61. The Hall–Kier alpha value is -0.0400. The van der Waals surface area contributed by atoms with E-state index in [0.717, 1.165) is 0 Å². The summed E-state index contributed by atoms with van der Waals surface area (Å²) in [6.07, 6.45) is 12.6. The highest BCUT2D eigenvalue weighted by molar-refractivity contribution is 4.90. The van der Waals surface area contributed by atoms with Gasteiger partial charge in [0.1, 0.15) is 0 Å². The first kappa shape index (κ1) is 12.0. The molecular formula is C13H27N. The molecule has 1 fully saturated rings. The normalized spacial score (nSPS) is 21.0. The number of nitrogens with one attached hydrogen (secondary N) is 1. The molecule has 1 nitrogen and oxygen atoms in total. The van der Waals surface area contributed by atoms with Crippen LogP contribution >= 0.6 is 0 Å². The van der Waals surface area contributed by atoms with Gasteiger partial charge in [-0.05, 0) is 32.2 Å². The van der Waals surface area contributed by atoms with Crippen molar-refractivity contribution < 1.29 is 0 Å². The van der Waals surface area contributed by atoms with E-state index in [1.807, 2.05) is 0 Å². The lowest BCUT2D eigenvalue weighted by atomic mass is 9.80. The van der Waals surface area contributed by atoms with E-state index in [-0.39, 0.29) is 0 Å². The quantitative estimate of drug-likeness (QED) is 0.681. The molecule has 0 radical (unpaired) electrons. The molecule has 84 valence electrons. The molecule has 0 aliphatic carbocycles. The number of piperidine rings is 1. The Morgan fingerprint density at radius 3 is 2.07 bits per heavy atom. The SMILES string of the molecule is CCCCC1(CCCC)CCCCN1. The summed E-state index contributed by atoms with van der Waals surface area (Å²) < 4.78 is 0. The first-order valence-corrected chi connectivity index (χ1v) is 6.58. The van der Waals surface area contributed by atoms with Crippen molar-refractivity contribution >= 4 is 0 Å². The van der Waals surface area contributed by atoms with Gasteiger partial charge in [-0.15, -0.1) is 0 Å². The zero-order valence-electron chi connectivity index (χ0n) is 10.1. The smallest absolute Gasteiger partial charge is 0.0181 e. The average Bonchev–Trinajstić information content (AvgIpc) is 2.25. The minimum absolute atomic E-state index is 0.532. The van der Waals surface area contributed by atoms with Crippen molar-refractivity contribution in [1.29, 1.82) is 0 Å². The highest BCUT2D eigenvalue weighted by Gasteiger charge is 2.29. The van der Waals surface area contributed by atoms with Crippen LogP contribution in [-0.4, -0.2) is 12.1 Å². The van der Waals surface area contributed by atoms with Crippen LogP contribution in [0, 0.1) is 0 Å². The van der Waals surface area contributed by atoms with E-state index in [2.05, 4.69) is 19.2 Å². The van der Waals surface area contributed by atoms with Gasteiger partial charge in [0.15, 0.2) is 0 Å². The van der Waals surface area contributed by atoms with Crippen LogP contribution in [0.5, 0.6) is 0 Å². The molecule has 14 heavy (non-hydrogen) atoms. The Bertz CT molecular complexity index is 126. The molecule has 1 heterocycles. The number of rotatable bonds is 6.